The Morgan fingerprint density at radius 3 is 2.74 bits per heavy atom. The molecular weight excluding hydrogens is 496 g/mol. The van der Waals surface area contributed by atoms with Gasteiger partial charge in [-0.3, -0.25) is 14.5 Å². The number of hydrogen-bond donors (Lipinski definition) is 3. The molecule has 0 bridgehead atoms. The van der Waals surface area contributed by atoms with Gasteiger partial charge in [-0.1, -0.05) is 0 Å². The molecular formula is C28H34N8O3. The van der Waals surface area contributed by atoms with Gasteiger partial charge in [-0.15, -0.1) is 0 Å². The van der Waals surface area contributed by atoms with E-state index in [0.29, 0.717) is 23.8 Å². The quantitative estimate of drug-likeness (QED) is 0.439. The van der Waals surface area contributed by atoms with E-state index in [4.69, 9.17) is 4.74 Å². The first-order chi connectivity index (χ1) is 19.1. The number of nitrogens with zero attached hydrogens (tertiary/aromatic N) is 5. The number of fused-ring (bicyclic) bond motifs is 2. The molecule has 1 spiro atoms. The summed E-state index contributed by atoms with van der Waals surface area (Å²) in [6, 6.07) is 6.36. The van der Waals surface area contributed by atoms with Crippen LogP contribution in [0.4, 0.5) is 11.4 Å². The Morgan fingerprint density at radius 1 is 1.13 bits per heavy atom. The highest BCUT2D eigenvalue weighted by molar-refractivity contribution is 6.09. The van der Waals surface area contributed by atoms with Crippen molar-refractivity contribution in [3.05, 3.63) is 47.9 Å². The molecule has 11 nitrogen and oxygen atoms in total. The highest BCUT2D eigenvalue weighted by Crippen LogP contribution is 2.45. The number of anilines is 2. The van der Waals surface area contributed by atoms with Crippen molar-refractivity contribution in [2.75, 3.05) is 56.0 Å². The van der Waals surface area contributed by atoms with E-state index in [-0.39, 0.29) is 17.4 Å². The molecule has 1 aromatic carbocycles. The average molecular weight is 531 g/mol. The molecule has 204 valence electrons. The van der Waals surface area contributed by atoms with Gasteiger partial charge in [0.15, 0.2) is 5.65 Å². The minimum Gasteiger partial charge on any atom is -0.486 e. The number of piperazine rings is 1. The standard InChI is InChI=1S/C28H34N8O3/c37-25(32-20-2-3-20)18-34-10-12-35(13-11-34)23-15-24-19(16-28(39-24)4-7-29-8-5-28)14-22(23)33-27(38)21-17-31-36-9-1-6-30-26(21)36/h1,6,9,14-15,17,20,29H,2-5,7-8,10-13,16,18H2,(H,32,37)(H,33,38). The molecule has 2 aromatic heterocycles. The lowest BCUT2D eigenvalue weighted by Gasteiger charge is -2.37. The Kier molecular flexibility index (Phi) is 6.12. The van der Waals surface area contributed by atoms with Crippen LogP contribution in [0.25, 0.3) is 5.65 Å². The molecule has 2 amide bonds. The second-order valence-electron chi connectivity index (χ2n) is 11.2. The highest BCUT2D eigenvalue weighted by atomic mass is 16.5. The van der Waals surface area contributed by atoms with E-state index < -0.39 is 0 Å². The van der Waals surface area contributed by atoms with Crippen molar-refractivity contribution in [1.82, 2.24) is 30.1 Å². The molecule has 11 heteroatoms. The number of hydrogen-bond acceptors (Lipinski definition) is 8. The Hall–Kier alpha value is -3.70. The maximum atomic E-state index is 13.5. The van der Waals surface area contributed by atoms with E-state index >= 15 is 0 Å². The zero-order valence-electron chi connectivity index (χ0n) is 22.0. The molecule has 3 fully saturated rings. The number of amides is 2. The third kappa shape index (κ3) is 4.92. The van der Waals surface area contributed by atoms with Crippen molar-refractivity contribution in [3.8, 4) is 5.75 Å². The molecule has 5 heterocycles. The van der Waals surface area contributed by atoms with E-state index in [0.717, 1.165) is 94.1 Å². The summed E-state index contributed by atoms with van der Waals surface area (Å²) in [6.07, 6.45) is 9.96. The number of carbonyl (C=O) groups is 2. The second-order valence-corrected chi connectivity index (χ2v) is 11.2. The number of nitrogens with one attached hydrogen (secondary N) is 3. The maximum absolute atomic E-state index is 13.5. The first-order valence-electron chi connectivity index (χ1n) is 14.0. The number of benzene rings is 1. The summed E-state index contributed by atoms with van der Waals surface area (Å²) in [4.78, 5) is 34.6. The van der Waals surface area contributed by atoms with Gasteiger partial charge < -0.3 is 25.6 Å². The number of piperidine rings is 1. The van der Waals surface area contributed by atoms with Gasteiger partial charge in [-0.2, -0.15) is 5.10 Å². The lowest BCUT2D eigenvalue weighted by Crippen LogP contribution is -2.49. The maximum Gasteiger partial charge on any atom is 0.261 e. The minimum atomic E-state index is -0.240. The lowest BCUT2D eigenvalue weighted by atomic mass is 9.88. The second kappa shape index (κ2) is 9.80. The van der Waals surface area contributed by atoms with Crippen molar-refractivity contribution < 1.29 is 14.3 Å². The molecule has 0 radical (unpaired) electrons. The van der Waals surface area contributed by atoms with E-state index in [9.17, 15) is 9.59 Å². The van der Waals surface area contributed by atoms with Crippen LogP contribution in [0.5, 0.6) is 5.75 Å². The third-order valence-electron chi connectivity index (χ3n) is 8.33. The van der Waals surface area contributed by atoms with Gasteiger partial charge in [0.25, 0.3) is 5.91 Å². The van der Waals surface area contributed by atoms with Crippen molar-refractivity contribution in [2.24, 2.45) is 0 Å². The molecule has 39 heavy (non-hydrogen) atoms. The smallest absolute Gasteiger partial charge is 0.261 e. The number of carbonyl (C=O) groups excluding carboxylic acids is 2. The largest absolute Gasteiger partial charge is 0.486 e. The van der Waals surface area contributed by atoms with E-state index in [1.54, 1.807) is 29.2 Å². The molecule has 7 rings (SSSR count). The van der Waals surface area contributed by atoms with Crippen LogP contribution in [0.2, 0.25) is 0 Å². The Bertz CT molecular complexity index is 1400. The molecule has 0 unspecified atom stereocenters. The van der Waals surface area contributed by atoms with E-state index in [1.165, 1.54) is 0 Å². The van der Waals surface area contributed by atoms with Crippen LogP contribution in [0.1, 0.15) is 41.6 Å². The van der Waals surface area contributed by atoms with Crippen LogP contribution >= 0.6 is 0 Å². The Morgan fingerprint density at radius 2 is 1.95 bits per heavy atom. The summed E-state index contributed by atoms with van der Waals surface area (Å²) in [5, 5.41) is 14.0. The SMILES string of the molecule is O=C(CN1CCN(c2cc3c(cc2NC(=O)c2cnn4cccnc24)CC2(CCNCC2)O3)CC1)NC1CC1. The summed E-state index contributed by atoms with van der Waals surface area (Å²) < 4.78 is 8.21. The van der Waals surface area contributed by atoms with Crippen LogP contribution in [0.3, 0.4) is 0 Å². The molecule has 3 N–H and O–H groups in total. The zero-order chi connectivity index (χ0) is 26.4. The van der Waals surface area contributed by atoms with Gasteiger partial charge in [0, 0.05) is 62.7 Å². The Labute approximate surface area is 226 Å². The molecule has 3 aromatic rings. The molecule has 3 aliphatic heterocycles. The van der Waals surface area contributed by atoms with Crippen molar-refractivity contribution in [2.45, 2.75) is 43.7 Å². The fourth-order valence-corrected chi connectivity index (χ4v) is 6.01. The number of rotatable bonds is 6. The Balaban J connectivity index is 1.13. The summed E-state index contributed by atoms with van der Waals surface area (Å²) in [5.41, 5.74) is 3.62. The fraction of sp³-hybridized carbons (Fsp3) is 0.500. The van der Waals surface area contributed by atoms with Crippen molar-refractivity contribution >= 4 is 28.8 Å². The van der Waals surface area contributed by atoms with E-state index in [2.05, 4.69) is 48.0 Å². The summed E-state index contributed by atoms with van der Waals surface area (Å²) in [5.74, 6) is 0.781. The fourth-order valence-electron chi connectivity index (χ4n) is 6.01. The normalized spacial score (nSPS) is 20.6. The number of ether oxygens (including phenoxy) is 1. The van der Waals surface area contributed by atoms with Crippen LogP contribution in [0, 0.1) is 0 Å². The summed E-state index contributed by atoms with van der Waals surface area (Å²) in [7, 11) is 0. The van der Waals surface area contributed by atoms with Crippen LogP contribution in [-0.2, 0) is 11.2 Å². The summed E-state index contributed by atoms with van der Waals surface area (Å²) in [6.45, 7) is 5.38. The topological polar surface area (TPSA) is 116 Å². The highest BCUT2D eigenvalue weighted by Gasteiger charge is 2.41. The summed E-state index contributed by atoms with van der Waals surface area (Å²) >= 11 is 0. The molecule has 1 saturated carbocycles. The van der Waals surface area contributed by atoms with Crippen molar-refractivity contribution in [3.63, 3.8) is 0 Å². The minimum absolute atomic E-state index is 0.110. The van der Waals surface area contributed by atoms with Crippen LogP contribution in [-0.4, -0.2) is 88.8 Å². The molecule has 2 saturated heterocycles. The first-order valence-corrected chi connectivity index (χ1v) is 14.0. The van der Waals surface area contributed by atoms with Gasteiger partial charge >= 0.3 is 0 Å². The lowest BCUT2D eigenvalue weighted by molar-refractivity contribution is -0.122. The predicted octanol–water partition coefficient (Wildman–Crippen LogP) is 1.44. The van der Waals surface area contributed by atoms with Crippen LogP contribution < -0.4 is 25.6 Å². The monoisotopic (exact) mass is 530 g/mol. The average Bonchev–Trinajstić information content (AvgIpc) is 3.53. The zero-order valence-corrected chi connectivity index (χ0v) is 22.0. The number of aromatic nitrogens is 3. The van der Waals surface area contributed by atoms with E-state index in [1.807, 2.05) is 0 Å². The van der Waals surface area contributed by atoms with Crippen LogP contribution in [0.15, 0.2) is 36.8 Å². The molecule has 0 atom stereocenters. The third-order valence-corrected chi connectivity index (χ3v) is 8.33. The molecule has 4 aliphatic rings. The molecule has 1 aliphatic carbocycles. The first kappa shape index (κ1) is 24.3. The van der Waals surface area contributed by atoms with Gasteiger partial charge in [0.1, 0.15) is 16.9 Å². The van der Waals surface area contributed by atoms with Crippen molar-refractivity contribution in [1.29, 1.82) is 0 Å². The van der Waals surface area contributed by atoms with Gasteiger partial charge in [-0.25, -0.2) is 9.50 Å². The predicted molar refractivity (Wildman–Crippen MR) is 146 cm³/mol. The van der Waals surface area contributed by atoms with Gasteiger partial charge in [0.05, 0.1) is 24.1 Å². The van der Waals surface area contributed by atoms with Gasteiger partial charge in [-0.05, 0) is 50.9 Å². The van der Waals surface area contributed by atoms with Gasteiger partial charge in [0.2, 0.25) is 5.91 Å².